The number of fused-ring (bicyclic) bond motifs is 1. The van der Waals surface area contributed by atoms with Crippen LogP contribution >= 0.6 is 11.6 Å². The Morgan fingerprint density at radius 3 is 3.19 bits per heavy atom. The molecule has 2 N–H and O–H groups in total. The molecule has 1 fully saturated rings. The van der Waals surface area contributed by atoms with Crippen molar-refractivity contribution in [2.24, 2.45) is 0 Å². The minimum absolute atomic E-state index is 0.0170. The number of nitrogens with zero attached hydrogens (tertiary/aromatic N) is 1. The Bertz CT molecular complexity index is 550. The Morgan fingerprint density at radius 2 is 2.38 bits per heavy atom. The summed E-state index contributed by atoms with van der Waals surface area (Å²) in [5.74, 6) is 0.847. The molecule has 1 aromatic carbocycles. The molecule has 0 spiro atoms. The second kappa shape index (κ2) is 6.12. The first kappa shape index (κ1) is 14.5. The van der Waals surface area contributed by atoms with Crippen molar-refractivity contribution in [1.82, 2.24) is 10.2 Å². The van der Waals surface area contributed by atoms with E-state index in [0.29, 0.717) is 24.7 Å². The third kappa shape index (κ3) is 2.94. The lowest BCUT2D eigenvalue weighted by molar-refractivity contribution is 0.157. The van der Waals surface area contributed by atoms with Crippen molar-refractivity contribution in [3.63, 3.8) is 0 Å². The summed E-state index contributed by atoms with van der Waals surface area (Å²) in [6.45, 7) is 1.76. The number of aliphatic hydroxyl groups is 1. The quantitative estimate of drug-likeness (QED) is 0.897. The number of aliphatic hydroxyl groups excluding tert-OH is 1. The molecule has 0 aliphatic carbocycles. The maximum Gasteiger partial charge on any atom is 0.317 e. The third-order valence-electron chi connectivity index (χ3n) is 4.10. The highest BCUT2D eigenvalue weighted by molar-refractivity contribution is 6.30. The van der Waals surface area contributed by atoms with Gasteiger partial charge in [-0.25, -0.2) is 4.79 Å². The molecular formula is C15H19ClN2O3. The molecule has 21 heavy (non-hydrogen) atoms. The lowest BCUT2D eigenvalue weighted by Crippen LogP contribution is -2.43. The van der Waals surface area contributed by atoms with Crippen LogP contribution in [0.2, 0.25) is 5.02 Å². The maximum atomic E-state index is 12.2. The number of ether oxygens (including phenoxy) is 1. The Kier molecular flexibility index (Phi) is 4.22. The Morgan fingerprint density at radius 1 is 1.52 bits per heavy atom. The van der Waals surface area contributed by atoms with E-state index in [0.717, 1.165) is 36.1 Å². The second-order valence-electron chi connectivity index (χ2n) is 5.48. The monoisotopic (exact) mass is 310 g/mol. The lowest BCUT2D eigenvalue weighted by atomic mass is 10.1. The molecule has 1 saturated heterocycles. The van der Waals surface area contributed by atoms with E-state index in [-0.39, 0.29) is 18.7 Å². The van der Waals surface area contributed by atoms with E-state index in [1.807, 2.05) is 12.1 Å². The number of nitrogens with one attached hydrogen (secondary N) is 1. The van der Waals surface area contributed by atoms with Gasteiger partial charge in [-0.1, -0.05) is 11.6 Å². The first-order valence-corrected chi connectivity index (χ1v) is 7.66. The van der Waals surface area contributed by atoms with Gasteiger partial charge in [0.15, 0.2) is 0 Å². The van der Waals surface area contributed by atoms with Crippen molar-refractivity contribution < 1.29 is 14.6 Å². The first-order chi connectivity index (χ1) is 10.2. The van der Waals surface area contributed by atoms with Gasteiger partial charge in [-0.15, -0.1) is 0 Å². The molecule has 114 valence electrons. The zero-order chi connectivity index (χ0) is 14.8. The highest BCUT2D eigenvalue weighted by atomic mass is 35.5. The van der Waals surface area contributed by atoms with Gasteiger partial charge >= 0.3 is 6.03 Å². The summed E-state index contributed by atoms with van der Waals surface area (Å²) < 4.78 is 5.62. The number of likely N-dealkylation sites (tertiary alicyclic amines) is 1. The lowest BCUT2D eigenvalue weighted by Gasteiger charge is -2.23. The topological polar surface area (TPSA) is 61.8 Å². The number of urea groups is 1. The van der Waals surface area contributed by atoms with Gasteiger partial charge in [0.05, 0.1) is 19.3 Å². The molecule has 1 aromatic rings. The van der Waals surface area contributed by atoms with Gasteiger partial charge in [-0.05, 0) is 30.5 Å². The van der Waals surface area contributed by atoms with E-state index in [1.54, 1.807) is 4.90 Å². The number of halogens is 1. The summed E-state index contributed by atoms with van der Waals surface area (Å²) in [6.07, 6.45) is 2.66. The van der Waals surface area contributed by atoms with Gasteiger partial charge in [0, 0.05) is 30.1 Å². The standard InChI is InChI=1S/C15H19ClN2O3/c16-12-6-10-3-5-21-14(10)11(7-12)8-17-15(20)18-4-1-2-13(18)9-19/h6-7,13,19H,1-5,8-9H2,(H,17,20)/t13-/m1/s1. The molecule has 0 aromatic heterocycles. The number of benzene rings is 1. The van der Waals surface area contributed by atoms with E-state index < -0.39 is 0 Å². The zero-order valence-electron chi connectivity index (χ0n) is 11.8. The number of carbonyl (C=O) groups is 1. The van der Waals surface area contributed by atoms with Gasteiger partial charge in [0.2, 0.25) is 0 Å². The van der Waals surface area contributed by atoms with Crippen LogP contribution in [0.15, 0.2) is 12.1 Å². The van der Waals surface area contributed by atoms with Crippen LogP contribution in [0.5, 0.6) is 5.75 Å². The van der Waals surface area contributed by atoms with Crippen LogP contribution in [-0.4, -0.2) is 41.8 Å². The fraction of sp³-hybridized carbons (Fsp3) is 0.533. The Balaban J connectivity index is 1.67. The number of rotatable bonds is 3. The zero-order valence-corrected chi connectivity index (χ0v) is 12.5. The summed E-state index contributed by atoms with van der Waals surface area (Å²) in [7, 11) is 0. The molecule has 5 nitrogen and oxygen atoms in total. The van der Waals surface area contributed by atoms with Crippen molar-refractivity contribution in [3.05, 3.63) is 28.3 Å². The number of hydrogen-bond acceptors (Lipinski definition) is 3. The molecule has 2 aliphatic heterocycles. The van der Waals surface area contributed by atoms with Crippen LogP contribution in [0.1, 0.15) is 24.0 Å². The molecule has 1 atom stereocenters. The molecule has 0 saturated carbocycles. The van der Waals surface area contributed by atoms with Crippen LogP contribution in [0.4, 0.5) is 4.79 Å². The van der Waals surface area contributed by atoms with E-state index in [1.165, 1.54) is 0 Å². The van der Waals surface area contributed by atoms with E-state index >= 15 is 0 Å². The third-order valence-corrected chi connectivity index (χ3v) is 4.32. The Labute approximate surface area is 128 Å². The smallest absolute Gasteiger partial charge is 0.317 e. The average Bonchev–Trinajstić information content (AvgIpc) is 3.12. The van der Waals surface area contributed by atoms with E-state index in [4.69, 9.17) is 16.3 Å². The molecule has 3 rings (SSSR count). The molecule has 0 radical (unpaired) electrons. The van der Waals surface area contributed by atoms with Crippen LogP contribution < -0.4 is 10.1 Å². The second-order valence-corrected chi connectivity index (χ2v) is 5.92. The predicted molar refractivity (Wildman–Crippen MR) is 79.7 cm³/mol. The van der Waals surface area contributed by atoms with Gasteiger partial charge in [-0.2, -0.15) is 0 Å². The van der Waals surface area contributed by atoms with Crippen molar-refractivity contribution in [2.45, 2.75) is 31.8 Å². The van der Waals surface area contributed by atoms with Crippen molar-refractivity contribution in [1.29, 1.82) is 0 Å². The molecule has 2 heterocycles. The summed E-state index contributed by atoms with van der Waals surface area (Å²) in [5, 5.41) is 12.8. The Hall–Kier alpha value is -1.46. The first-order valence-electron chi connectivity index (χ1n) is 7.28. The van der Waals surface area contributed by atoms with Crippen molar-refractivity contribution in [3.8, 4) is 5.75 Å². The minimum atomic E-state index is -0.140. The average molecular weight is 311 g/mol. The molecule has 2 aliphatic rings. The van der Waals surface area contributed by atoms with E-state index in [2.05, 4.69) is 5.32 Å². The fourth-order valence-corrected chi connectivity index (χ4v) is 3.31. The number of carbonyl (C=O) groups excluding carboxylic acids is 1. The van der Waals surface area contributed by atoms with Gasteiger partial charge in [0.25, 0.3) is 0 Å². The predicted octanol–water partition coefficient (Wildman–Crippen LogP) is 1.94. The minimum Gasteiger partial charge on any atom is -0.493 e. The highest BCUT2D eigenvalue weighted by Gasteiger charge is 2.28. The molecule has 6 heteroatoms. The van der Waals surface area contributed by atoms with Crippen LogP contribution in [0, 0.1) is 0 Å². The molecule has 0 unspecified atom stereocenters. The maximum absolute atomic E-state index is 12.2. The number of amides is 2. The van der Waals surface area contributed by atoms with Crippen LogP contribution in [0.3, 0.4) is 0 Å². The van der Waals surface area contributed by atoms with Crippen molar-refractivity contribution in [2.75, 3.05) is 19.8 Å². The summed E-state index contributed by atoms with van der Waals surface area (Å²) >= 11 is 6.10. The summed E-state index contributed by atoms with van der Waals surface area (Å²) in [5.41, 5.74) is 2.00. The fourth-order valence-electron chi connectivity index (χ4n) is 3.04. The van der Waals surface area contributed by atoms with Gasteiger partial charge in [-0.3, -0.25) is 0 Å². The normalized spacial score (nSPS) is 20.3. The van der Waals surface area contributed by atoms with Crippen LogP contribution in [-0.2, 0) is 13.0 Å². The van der Waals surface area contributed by atoms with Gasteiger partial charge < -0.3 is 20.1 Å². The summed E-state index contributed by atoms with van der Waals surface area (Å²) in [6, 6.07) is 3.54. The SMILES string of the molecule is O=C(NCc1cc(Cl)cc2c1OCC2)N1CCC[C@@H]1CO. The molecular weight excluding hydrogens is 292 g/mol. The molecule has 2 amide bonds. The number of hydrogen-bond donors (Lipinski definition) is 2. The largest absolute Gasteiger partial charge is 0.493 e. The van der Waals surface area contributed by atoms with Gasteiger partial charge in [0.1, 0.15) is 5.75 Å². The van der Waals surface area contributed by atoms with E-state index in [9.17, 15) is 9.90 Å². The van der Waals surface area contributed by atoms with Crippen LogP contribution in [0.25, 0.3) is 0 Å². The van der Waals surface area contributed by atoms with Crippen molar-refractivity contribution >= 4 is 17.6 Å². The highest BCUT2D eigenvalue weighted by Crippen LogP contribution is 2.32. The molecule has 0 bridgehead atoms. The summed E-state index contributed by atoms with van der Waals surface area (Å²) in [4.78, 5) is 13.9.